The molecule has 0 saturated heterocycles. The smallest absolute Gasteiger partial charge is 0.252 e. The molecule has 1 aromatic heterocycles. The highest BCUT2D eigenvalue weighted by molar-refractivity contribution is 7.08. The standard InChI is InChI=1S/C14H20N2O3S/c1-14(2)10(7-11(14)17)16-12(18)3-5-15-13(19)9-4-6-20-8-9/h4,6,8,10-11,17H,3,5,7H2,1-2H3,(H,15,19)(H,16,18). The van der Waals surface area contributed by atoms with Gasteiger partial charge in [-0.25, -0.2) is 0 Å². The summed E-state index contributed by atoms with van der Waals surface area (Å²) >= 11 is 1.46. The molecule has 2 unspecified atom stereocenters. The van der Waals surface area contributed by atoms with Crippen LogP contribution in [0.5, 0.6) is 0 Å². The normalized spacial score (nSPS) is 23.8. The molecule has 20 heavy (non-hydrogen) atoms. The second-order valence-electron chi connectivity index (χ2n) is 5.71. The van der Waals surface area contributed by atoms with E-state index in [1.165, 1.54) is 11.3 Å². The van der Waals surface area contributed by atoms with Gasteiger partial charge >= 0.3 is 0 Å². The molecule has 1 aromatic rings. The summed E-state index contributed by atoms with van der Waals surface area (Å²) in [6, 6.07) is 1.76. The number of rotatable bonds is 5. The van der Waals surface area contributed by atoms with Gasteiger partial charge in [-0.1, -0.05) is 13.8 Å². The fourth-order valence-corrected chi connectivity index (χ4v) is 2.84. The van der Waals surface area contributed by atoms with Crippen LogP contribution in [0.3, 0.4) is 0 Å². The Morgan fingerprint density at radius 1 is 1.50 bits per heavy atom. The zero-order valence-corrected chi connectivity index (χ0v) is 12.5. The monoisotopic (exact) mass is 296 g/mol. The minimum Gasteiger partial charge on any atom is -0.392 e. The SMILES string of the molecule is CC1(C)C(O)CC1NC(=O)CCNC(=O)c1ccsc1. The number of aliphatic hydroxyl groups is 1. The van der Waals surface area contributed by atoms with Crippen molar-refractivity contribution in [2.24, 2.45) is 5.41 Å². The maximum atomic E-state index is 11.8. The van der Waals surface area contributed by atoms with Crippen molar-refractivity contribution in [2.45, 2.75) is 38.8 Å². The molecule has 1 aliphatic rings. The molecule has 1 fully saturated rings. The third kappa shape index (κ3) is 3.19. The largest absolute Gasteiger partial charge is 0.392 e. The molecular formula is C14H20N2O3S. The Bertz CT molecular complexity index is 485. The van der Waals surface area contributed by atoms with Crippen LogP contribution in [-0.2, 0) is 4.79 Å². The quantitative estimate of drug-likeness (QED) is 0.762. The first-order valence-corrected chi connectivity index (χ1v) is 7.63. The average molecular weight is 296 g/mol. The van der Waals surface area contributed by atoms with Gasteiger partial charge in [0.05, 0.1) is 6.10 Å². The van der Waals surface area contributed by atoms with Crippen LogP contribution in [0.2, 0.25) is 0 Å². The van der Waals surface area contributed by atoms with Gasteiger partial charge in [0.25, 0.3) is 5.91 Å². The Morgan fingerprint density at radius 3 is 2.80 bits per heavy atom. The zero-order valence-electron chi connectivity index (χ0n) is 11.7. The maximum absolute atomic E-state index is 11.8. The third-order valence-corrected chi connectivity index (χ3v) is 4.66. The molecule has 1 aliphatic carbocycles. The lowest BCUT2D eigenvalue weighted by Gasteiger charge is -2.49. The zero-order chi connectivity index (χ0) is 14.8. The molecule has 2 rings (SSSR count). The number of carbonyl (C=O) groups is 2. The van der Waals surface area contributed by atoms with Crippen LogP contribution in [0.25, 0.3) is 0 Å². The summed E-state index contributed by atoms with van der Waals surface area (Å²) in [5.41, 5.74) is 0.355. The van der Waals surface area contributed by atoms with Crippen molar-refractivity contribution in [3.8, 4) is 0 Å². The van der Waals surface area contributed by atoms with Crippen molar-refractivity contribution in [2.75, 3.05) is 6.54 Å². The molecule has 3 N–H and O–H groups in total. The number of hydrogen-bond donors (Lipinski definition) is 3. The Kier molecular flexibility index (Phi) is 4.45. The van der Waals surface area contributed by atoms with E-state index in [1.54, 1.807) is 11.4 Å². The second-order valence-corrected chi connectivity index (χ2v) is 6.49. The van der Waals surface area contributed by atoms with Crippen molar-refractivity contribution in [1.29, 1.82) is 0 Å². The van der Waals surface area contributed by atoms with Crippen LogP contribution in [0, 0.1) is 5.41 Å². The van der Waals surface area contributed by atoms with Crippen LogP contribution in [0.4, 0.5) is 0 Å². The molecule has 0 aromatic carbocycles. The minimum atomic E-state index is -0.355. The average Bonchev–Trinajstić information content (AvgIpc) is 2.92. The van der Waals surface area contributed by atoms with E-state index in [2.05, 4.69) is 10.6 Å². The molecule has 0 spiro atoms. The summed E-state index contributed by atoms with van der Waals surface area (Å²) < 4.78 is 0. The van der Waals surface area contributed by atoms with E-state index >= 15 is 0 Å². The molecule has 110 valence electrons. The molecule has 5 nitrogen and oxygen atoms in total. The van der Waals surface area contributed by atoms with Crippen molar-refractivity contribution in [1.82, 2.24) is 10.6 Å². The summed E-state index contributed by atoms with van der Waals surface area (Å²) in [7, 11) is 0. The first-order chi connectivity index (χ1) is 9.41. The second kappa shape index (κ2) is 5.93. The van der Waals surface area contributed by atoms with E-state index in [4.69, 9.17) is 0 Å². The number of hydrogen-bond acceptors (Lipinski definition) is 4. The molecule has 2 amide bonds. The van der Waals surface area contributed by atoms with Crippen molar-refractivity contribution < 1.29 is 14.7 Å². The van der Waals surface area contributed by atoms with E-state index in [0.717, 1.165) is 0 Å². The van der Waals surface area contributed by atoms with Gasteiger partial charge in [-0.05, 0) is 17.9 Å². The van der Waals surface area contributed by atoms with Gasteiger partial charge < -0.3 is 15.7 Å². The fourth-order valence-electron chi connectivity index (χ4n) is 2.20. The molecule has 2 atom stereocenters. The lowest BCUT2D eigenvalue weighted by atomic mass is 9.64. The molecule has 6 heteroatoms. The molecular weight excluding hydrogens is 276 g/mol. The first-order valence-electron chi connectivity index (χ1n) is 6.69. The fraction of sp³-hybridized carbons (Fsp3) is 0.571. The molecule has 0 bridgehead atoms. The molecule has 0 radical (unpaired) electrons. The van der Waals surface area contributed by atoms with Crippen LogP contribution in [0.1, 0.15) is 37.0 Å². The molecule has 1 saturated carbocycles. The number of carbonyl (C=O) groups excluding carboxylic acids is 2. The van der Waals surface area contributed by atoms with Crippen molar-refractivity contribution in [3.63, 3.8) is 0 Å². The van der Waals surface area contributed by atoms with Crippen LogP contribution in [0.15, 0.2) is 16.8 Å². The van der Waals surface area contributed by atoms with Gasteiger partial charge in [0, 0.05) is 35.4 Å². The highest BCUT2D eigenvalue weighted by Crippen LogP contribution is 2.40. The van der Waals surface area contributed by atoms with E-state index in [0.29, 0.717) is 18.5 Å². The van der Waals surface area contributed by atoms with Gasteiger partial charge in [-0.3, -0.25) is 9.59 Å². The number of amides is 2. The predicted octanol–water partition coefficient (Wildman–Crippen LogP) is 1.14. The van der Waals surface area contributed by atoms with Crippen LogP contribution < -0.4 is 10.6 Å². The first kappa shape index (κ1) is 15.0. The van der Waals surface area contributed by atoms with E-state index in [9.17, 15) is 14.7 Å². The summed E-state index contributed by atoms with van der Waals surface area (Å²) in [5.74, 6) is -0.251. The van der Waals surface area contributed by atoms with Gasteiger partial charge in [0.1, 0.15) is 0 Å². The van der Waals surface area contributed by atoms with Crippen LogP contribution in [-0.4, -0.2) is 35.6 Å². The van der Waals surface area contributed by atoms with Gasteiger partial charge in [0.15, 0.2) is 0 Å². The molecule has 1 heterocycles. The lowest BCUT2D eigenvalue weighted by Crippen LogP contribution is -2.61. The number of aliphatic hydroxyl groups excluding tert-OH is 1. The van der Waals surface area contributed by atoms with Gasteiger partial charge in [-0.15, -0.1) is 0 Å². The lowest BCUT2D eigenvalue weighted by molar-refractivity contribution is -0.129. The van der Waals surface area contributed by atoms with E-state index < -0.39 is 0 Å². The van der Waals surface area contributed by atoms with E-state index in [1.807, 2.05) is 19.2 Å². The Balaban J connectivity index is 1.67. The van der Waals surface area contributed by atoms with Crippen molar-refractivity contribution >= 4 is 23.2 Å². The Labute approximate surface area is 122 Å². The predicted molar refractivity (Wildman–Crippen MR) is 77.6 cm³/mol. The number of nitrogens with one attached hydrogen (secondary N) is 2. The van der Waals surface area contributed by atoms with Gasteiger partial charge in [-0.2, -0.15) is 11.3 Å². The molecule has 0 aliphatic heterocycles. The van der Waals surface area contributed by atoms with E-state index in [-0.39, 0.29) is 35.8 Å². The summed E-state index contributed by atoms with van der Waals surface area (Å²) in [4.78, 5) is 23.4. The highest BCUT2D eigenvalue weighted by atomic mass is 32.1. The minimum absolute atomic E-state index is 0.0116. The highest BCUT2D eigenvalue weighted by Gasteiger charge is 2.47. The Hall–Kier alpha value is -1.40. The summed E-state index contributed by atoms with van der Waals surface area (Å²) in [6.07, 6.45) is 0.490. The summed E-state index contributed by atoms with van der Waals surface area (Å²) in [5, 5.41) is 18.8. The van der Waals surface area contributed by atoms with Gasteiger partial charge in [0.2, 0.25) is 5.91 Å². The van der Waals surface area contributed by atoms with Crippen molar-refractivity contribution in [3.05, 3.63) is 22.4 Å². The maximum Gasteiger partial charge on any atom is 0.252 e. The Morgan fingerprint density at radius 2 is 2.25 bits per heavy atom. The van der Waals surface area contributed by atoms with Crippen LogP contribution >= 0.6 is 11.3 Å². The number of thiophene rings is 1. The topological polar surface area (TPSA) is 78.4 Å². The third-order valence-electron chi connectivity index (χ3n) is 3.97. The summed E-state index contributed by atoms with van der Waals surface area (Å²) in [6.45, 7) is 4.19.